The molecule has 6 nitrogen and oxygen atoms in total. The standard InChI is InChI=1S/C25H21N3O3S/c1-29-18-11-13-20(14-12-18)31-19-9-7-17(8-10-19)28-24(22-6-4-16-30-22)23(27-25(28)32)21-5-2-3-15-26-21/h2-16,23-24H,1H3,(H,27,32)/t23-,24+/m1/s1. The molecule has 32 heavy (non-hydrogen) atoms. The molecule has 3 heterocycles. The molecule has 1 aliphatic rings. The third-order valence-corrected chi connectivity index (χ3v) is 5.66. The molecule has 0 radical (unpaired) electrons. The zero-order valence-electron chi connectivity index (χ0n) is 17.3. The fourth-order valence-corrected chi connectivity index (χ4v) is 4.18. The summed E-state index contributed by atoms with van der Waals surface area (Å²) < 4.78 is 16.9. The van der Waals surface area contributed by atoms with Gasteiger partial charge in [0.25, 0.3) is 0 Å². The summed E-state index contributed by atoms with van der Waals surface area (Å²) in [6.07, 6.45) is 3.46. The van der Waals surface area contributed by atoms with Crippen molar-refractivity contribution in [2.24, 2.45) is 0 Å². The molecule has 4 aromatic rings. The van der Waals surface area contributed by atoms with Crippen molar-refractivity contribution in [3.8, 4) is 17.2 Å². The van der Waals surface area contributed by atoms with E-state index in [2.05, 4.69) is 15.2 Å². The van der Waals surface area contributed by atoms with Crippen LogP contribution in [0.15, 0.2) is 95.7 Å². The minimum Gasteiger partial charge on any atom is -0.497 e. The molecular weight excluding hydrogens is 422 g/mol. The molecule has 2 aromatic heterocycles. The molecular formula is C25H21N3O3S. The van der Waals surface area contributed by atoms with Crippen LogP contribution < -0.4 is 19.7 Å². The minimum absolute atomic E-state index is 0.134. The number of methoxy groups -OCH3 is 1. The second-order valence-electron chi connectivity index (χ2n) is 7.28. The fourth-order valence-electron chi connectivity index (χ4n) is 3.84. The van der Waals surface area contributed by atoms with Crippen molar-refractivity contribution < 1.29 is 13.9 Å². The van der Waals surface area contributed by atoms with Crippen LogP contribution in [0.25, 0.3) is 0 Å². The van der Waals surface area contributed by atoms with Crippen molar-refractivity contribution in [3.63, 3.8) is 0 Å². The van der Waals surface area contributed by atoms with E-state index in [0.717, 1.165) is 34.4 Å². The van der Waals surface area contributed by atoms with E-state index in [0.29, 0.717) is 5.11 Å². The summed E-state index contributed by atoms with van der Waals surface area (Å²) >= 11 is 5.71. The summed E-state index contributed by atoms with van der Waals surface area (Å²) in [4.78, 5) is 6.60. The molecule has 0 aliphatic carbocycles. The highest BCUT2D eigenvalue weighted by atomic mass is 32.1. The summed E-state index contributed by atoms with van der Waals surface area (Å²) in [7, 11) is 1.64. The van der Waals surface area contributed by atoms with Crippen LogP contribution in [0.5, 0.6) is 17.2 Å². The Morgan fingerprint density at radius 1 is 0.906 bits per heavy atom. The van der Waals surface area contributed by atoms with Crippen molar-refractivity contribution in [1.82, 2.24) is 10.3 Å². The highest BCUT2D eigenvalue weighted by Crippen LogP contribution is 2.42. The molecule has 1 fully saturated rings. The van der Waals surface area contributed by atoms with Crippen LogP contribution in [0, 0.1) is 0 Å². The predicted molar refractivity (Wildman–Crippen MR) is 126 cm³/mol. The first-order valence-electron chi connectivity index (χ1n) is 10.2. The Morgan fingerprint density at radius 3 is 2.25 bits per heavy atom. The molecule has 0 spiro atoms. The minimum atomic E-state index is -0.166. The fraction of sp³-hybridized carbons (Fsp3) is 0.120. The van der Waals surface area contributed by atoms with Crippen molar-refractivity contribution in [1.29, 1.82) is 0 Å². The van der Waals surface area contributed by atoms with Gasteiger partial charge in [-0.2, -0.15) is 0 Å². The number of aromatic nitrogens is 1. The van der Waals surface area contributed by atoms with Gasteiger partial charge in [-0.25, -0.2) is 0 Å². The molecule has 1 saturated heterocycles. The number of nitrogens with zero attached hydrogens (tertiary/aromatic N) is 2. The second kappa shape index (κ2) is 8.72. The van der Waals surface area contributed by atoms with Gasteiger partial charge in [0.15, 0.2) is 5.11 Å². The lowest BCUT2D eigenvalue weighted by atomic mass is 10.0. The monoisotopic (exact) mass is 443 g/mol. The van der Waals surface area contributed by atoms with Gasteiger partial charge in [0.1, 0.15) is 29.1 Å². The van der Waals surface area contributed by atoms with Crippen molar-refractivity contribution in [2.45, 2.75) is 12.1 Å². The Kier molecular flexibility index (Phi) is 5.47. The van der Waals surface area contributed by atoms with Gasteiger partial charge in [0, 0.05) is 11.9 Å². The summed E-state index contributed by atoms with van der Waals surface area (Å²) in [5.41, 5.74) is 1.84. The van der Waals surface area contributed by atoms with Gasteiger partial charge in [0.05, 0.1) is 25.1 Å². The van der Waals surface area contributed by atoms with Crippen LogP contribution in [-0.4, -0.2) is 17.2 Å². The van der Waals surface area contributed by atoms with Crippen LogP contribution in [0.4, 0.5) is 5.69 Å². The number of benzene rings is 2. The lowest BCUT2D eigenvalue weighted by molar-refractivity contribution is 0.413. The number of ether oxygens (including phenoxy) is 2. The Balaban J connectivity index is 1.42. The summed E-state index contributed by atoms with van der Waals surface area (Å²) in [6, 6.07) is 24.7. The Bertz CT molecular complexity index is 1180. The van der Waals surface area contributed by atoms with E-state index >= 15 is 0 Å². The number of pyridine rings is 1. The van der Waals surface area contributed by atoms with E-state index in [1.165, 1.54) is 0 Å². The summed E-state index contributed by atoms with van der Waals surface area (Å²) in [5, 5.41) is 4.03. The molecule has 5 rings (SSSR count). The molecule has 2 atom stereocenters. The highest BCUT2D eigenvalue weighted by Gasteiger charge is 2.42. The first-order valence-corrected chi connectivity index (χ1v) is 10.6. The lowest BCUT2D eigenvalue weighted by Gasteiger charge is -2.26. The molecule has 0 saturated carbocycles. The van der Waals surface area contributed by atoms with Crippen LogP contribution in [0.2, 0.25) is 0 Å². The largest absolute Gasteiger partial charge is 0.497 e. The van der Waals surface area contributed by atoms with Gasteiger partial charge in [-0.1, -0.05) is 6.07 Å². The van der Waals surface area contributed by atoms with Crippen LogP contribution in [-0.2, 0) is 0 Å². The topological polar surface area (TPSA) is 59.8 Å². The maximum atomic E-state index is 5.96. The van der Waals surface area contributed by atoms with Gasteiger partial charge in [-0.15, -0.1) is 0 Å². The van der Waals surface area contributed by atoms with E-state index < -0.39 is 0 Å². The zero-order chi connectivity index (χ0) is 21.9. The van der Waals surface area contributed by atoms with E-state index in [9.17, 15) is 0 Å². The summed E-state index contributed by atoms with van der Waals surface area (Å²) in [6.45, 7) is 0. The molecule has 1 aliphatic heterocycles. The predicted octanol–water partition coefficient (Wildman–Crippen LogP) is 5.65. The average Bonchev–Trinajstić information content (AvgIpc) is 3.48. The number of anilines is 1. The van der Waals surface area contributed by atoms with Gasteiger partial charge < -0.3 is 24.1 Å². The second-order valence-corrected chi connectivity index (χ2v) is 7.67. The van der Waals surface area contributed by atoms with Gasteiger partial charge in [-0.05, 0) is 85.0 Å². The highest BCUT2D eigenvalue weighted by molar-refractivity contribution is 7.80. The smallest absolute Gasteiger partial charge is 0.174 e. The Hall–Kier alpha value is -3.84. The Labute approximate surface area is 191 Å². The normalized spacial score (nSPS) is 17.8. The van der Waals surface area contributed by atoms with E-state index in [1.54, 1.807) is 19.6 Å². The molecule has 0 amide bonds. The average molecular weight is 444 g/mol. The molecule has 0 bridgehead atoms. The van der Waals surface area contributed by atoms with E-state index in [1.807, 2.05) is 78.9 Å². The lowest BCUT2D eigenvalue weighted by Crippen LogP contribution is -2.29. The molecule has 1 N–H and O–H groups in total. The Morgan fingerprint density at radius 2 is 1.62 bits per heavy atom. The van der Waals surface area contributed by atoms with Crippen LogP contribution in [0.1, 0.15) is 23.5 Å². The first kappa shape index (κ1) is 20.1. The zero-order valence-corrected chi connectivity index (χ0v) is 18.2. The number of thiocarbonyl (C=S) groups is 1. The third-order valence-electron chi connectivity index (χ3n) is 5.34. The number of furan rings is 1. The number of hydrogen-bond acceptors (Lipinski definition) is 5. The van der Waals surface area contributed by atoms with E-state index in [4.69, 9.17) is 26.1 Å². The molecule has 7 heteroatoms. The van der Waals surface area contributed by atoms with Crippen molar-refractivity contribution in [3.05, 3.63) is 103 Å². The van der Waals surface area contributed by atoms with Gasteiger partial charge in [-0.3, -0.25) is 4.98 Å². The van der Waals surface area contributed by atoms with Crippen LogP contribution >= 0.6 is 12.2 Å². The molecule has 0 unspecified atom stereocenters. The molecule has 160 valence electrons. The first-order chi connectivity index (χ1) is 15.7. The quantitative estimate of drug-likeness (QED) is 0.386. The maximum absolute atomic E-state index is 5.96. The number of hydrogen-bond donors (Lipinski definition) is 1. The van der Waals surface area contributed by atoms with Crippen molar-refractivity contribution in [2.75, 3.05) is 12.0 Å². The summed E-state index contributed by atoms with van der Waals surface area (Å²) in [5.74, 6) is 3.06. The van der Waals surface area contributed by atoms with Gasteiger partial charge in [0.2, 0.25) is 0 Å². The van der Waals surface area contributed by atoms with Crippen molar-refractivity contribution >= 4 is 23.0 Å². The van der Waals surface area contributed by atoms with Gasteiger partial charge >= 0.3 is 0 Å². The number of rotatable bonds is 6. The maximum Gasteiger partial charge on any atom is 0.174 e. The third kappa shape index (κ3) is 3.90. The number of nitrogens with one attached hydrogen (secondary N) is 1. The molecule has 2 aromatic carbocycles. The van der Waals surface area contributed by atoms with Crippen LogP contribution in [0.3, 0.4) is 0 Å². The van der Waals surface area contributed by atoms with E-state index in [-0.39, 0.29) is 12.1 Å². The SMILES string of the molecule is COc1ccc(Oc2ccc(N3C(=S)N[C@H](c4ccccn4)[C@@H]3c3ccco3)cc2)cc1.